The van der Waals surface area contributed by atoms with E-state index in [1.807, 2.05) is 23.1 Å². The topological polar surface area (TPSA) is 127 Å². The predicted octanol–water partition coefficient (Wildman–Crippen LogP) is 2.72. The first-order valence-corrected chi connectivity index (χ1v) is 12.0. The van der Waals surface area contributed by atoms with Gasteiger partial charge in [0.1, 0.15) is 11.3 Å². The summed E-state index contributed by atoms with van der Waals surface area (Å²) in [7, 11) is 0. The molecule has 6 rings (SSSR count). The van der Waals surface area contributed by atoms with Gasteiger partial charge in [0.2, 0.25) is 12.2 Å². The summed E-state index contributed by atoms with van der Waals surface area (Å²) in [5.74, 6) is 0.623. The van der Waals surface area contributed by atoms with Gasteiger partial charge in [-0.25, -0.2) is 4.79 Å². The maximum Gasteiger partial charge on any atom is 0.342 e. The van der Waals surface area contributed by atoms with E-state index in [9.17, 15) is 24.8 Å². The van der Waals surface area contributed by atoms with Gasteiger partial charge in [-0.1, -0.05) is 17.8 Å². The Kier molecular flexibility index (Phi) is 5.07. The summed E-state index contributed by atoms with van der Waals surface area (Å²) in [4.78, 5) is 40.4. The van der Waals surface area contributed by atoms with Crippen molar-refractivity contribution in [3.05, 3.63) is 61.8 Å². The van der Waals surface area contributed by atoms with Crippen molar-refractivity contribution in [3.63, 3.8) is 0 Å². The van der Waals surface area contributed by atoms with E-state index in [1.54, 1.807) is 4.57 Å². The fourth-order valence-electron chi connectivity index (χ4n) is 4.81. The van der Waals surface area contributed by atoms with E-state index in [0.29, 0.717) is 54.8 Å². The maximum absolute atomic E-state index is 13.0. The molecule has 0 aliphatic carbocycles. The van der Waals surface area contributed by atoms with Crippen LogP contribution in [0.4, 0.5) is 11.4 Å². The monoisotopic (exact) mass is 496 g/mol. The first kappa shape index (κ1) is 21.7. The number of hydrogen-bond donors (Lipinski definition) is 1. The highest BCUT2D eigenvalue weighted by Gasteiger charge is 2.31. The smallest absolute Gasteiger partial charge is 0.342 e. The molecule has 3 aromatic rings. The standard InChI is InChI=1S/C23H20N4O7S/c28-21-14-8-16(17(27(31)32)9-15(14)26-11-35-22(26)20(21)23(29)30)25-5-3-24(4-6-25)10-13-1-2-18-19(7-13)34-12-33-18/h1-2,7-9H,3-6,10-12H2,(H,29,30). The fourth-order valence-corrected chi connectivity index (χ4v) is 5.76. The van der Waals surface area contributed by atoms with Gasteiger partial charge < -0.3 is 24.0 Å². The number of rotatable bonds is 5. The molecule has 0 saturated carbocycles. The van der Waals surface area contributed by atoms with Gasteiger partial charge in [-0.15, -0.1) is 0 Å². The molecule has 0 atom stereocenters. The van der Waals surface area contributed by atoms with Crippen LogP contribution in [-0.4, -0.2) is 58.4 Å². The molecule has 35 heavy (non-hydrogen) atoms. The zero-order valence-corrected chi connectivity index (χ0v) is 19.2. The lowest BCUT2D eigenvalue weighted by Crippen LogP contribution is -2.46. The molecule has 1 saturated heterocycles. The van der Waals surface area contributed by atoms with E-state index >= 15 is 0 Å². The predicted molar refractivity (Wildman–Crippen MR) is 128 cm³/mol. The molecule has 3 aliphatic heterocycles. The Morgan fingerprint density at radius 2 is 1.89 bits per heavy atom. The maximum atomic E-state index is 13.0. The van der Waals surface area contributed by atoms with E-state index < -0.39 is 16.3 Å². The Morgan fingerprint density at radius 3 is 2.57 bits per heavy atom. The van der Waals surface area contributed by atoms with Gasteiger partial charge in [0.15, 0.2) is 11.5 Å². The van der Waals surface area contributed by atoms with Gasteiger partial charge in [0.05, 0.1) is 21.3 Å². The normalized spacial score (nSPS) is 16.7. The van der Waals surface area contributed by atoms with Crippen molar-refractivity contribution in [2.24, 2.45) is 0 Å². The summed E-state index contributed by atoms with van der Waals surface area (Å²) in [6.07, 6.45) is 0. The number of carboxylic acids is 1. The third-order valence-electron chi connectivity index (χ3n) is 6.61. The van der Waals surface area contributed by atoms with Crippen LogP contribution in [0, 0.1) is 10.1 Å². The number of carboxylic acid groups (broad SMARTS) is 1. The second-order valence-electron chi connectivity index (χ2n) is 8.58. The zero-order chi connectivity index (χ0) is 24.3. The number of nitro benzene ring substituents is 1. The molecule has 1 fully saturated rings. The number of carbonyl (C=O) groups is 1. The molecule has 0 amide bonds. The molecule has 0 bridgehead atoms. The number of fused-ring (bicyclic) bond motifs is 4. The van der Waals surface area contributed by atoms with E-state index in [2.05, 4.69) is 4.90 Å². The lowest BCUT2D eigenvalue weighted by molar-refractivity contribution is -0.384. The number of benzene rings is 2. The SMILES string of the molecule is O=C(O)c1c2n(c3cc([N+](=O)[O-])c(N4CCN(Cc5ccc6c(c5)OCO6)CC4)cc3c1=O)CS2. The lowest BCUT2D eigenvalue weighted by atomic mass is 10.1. The van der Waals surface area contributed by atoms with Crippen molar-refractivity contribution in [3.8, 4) is 11.5 Å². The highest BCUT2D eigenvalue weighted by molar-refractivity contribution is 7.99. The summed E-state index contributed by atoms with van der Waals surface area (Å²) in [6, 6.07) is 8.75. The van der Waals surface area contributed by atoms with Crippen molar-refractivity contribution in [2.75, 3.05) is 37.9 Å². The van der Waals surface area contributed by atoms with E-state index in [1.165, 1.54) is 23.9 Å². The first-order chi connectivity index (χ1) is 16.9. The number of aromatic carboxylic acids is 1. The number of ether oxygens (including phenoxy) is 2. The summed E-state index contributed by atoms with van der Waals surface area (Å²) >= 11 is 1.25. The lowest BCUT2D eigenvalue weighted by Gasteiger charge is -2.36. The van der Waals surface area contributed by atoms with Crippen LogP contribution >= 0.6 is 11.8 Å². The molecule has 0 spiro atoms. The van der Waals surface area contributed by atoms with Gasteiger partial charge in [-0.05, 0) is 23.8 Å². The van der Waals surface area contributed by atoms with Crippen LogP contribution in [0.15, 0.2) is 40.2 Å². The zero-order valence-electron chi connectivity index (χ0n) is 18.4. The van der Waals surface area contributed by atoms with Gasteiger partial charge in [-0.3, -0.25) is 19.8 Å². The third-order valence-corrected chi connectivity index (χ3v) is 7.70. The van der Waals surface area contributed by atoms with E-state index in [0.717, 1.165) is 17.1 Å². The summed E-state index contributed by atoms with van der Waals surface area (Å²) in [5, 5.41) is 22.0. The Balaban J connectivity index is 1.29. The van der Waals surface area contributed by atoms with Crippen LogP contribution in [0.5, 0.6) is 11.5 Å². The Hall–Kier alpha value is -3.77. The molecular weight excluding hydrogens is 476 g/mol. The number of thioether (sulfide) groups is 1. The molecule has 0 radical (unpaired) electrons. The molecule has 0 unspecified atom stereocenters. The van der Waals surface area contributed by atoms with Crippen LogP contribution in [0.2, 0.25) is 0 Å². The summed E-state index contributed by atoms with van der Waals surface area (Å²) in [6.45, 7) is 3.34. The molecule has 11 nitrogen and oxygen atoms in total. The fraction of sp³-hybridized carbons (Fsp3) is 0.304. The first-order valence-electron chi connectivity index (χ1n) is 11.0. The minimum absolute atomic E-state index is 0.0872. The van der Waals surface area contributed by atoms with Crippen LogP contribution in [0.3, 0.4) is 0 Å². The van der Waals surface area contributed by atoms with Crippen molar-refractivity contribution < 1.29 is 24.3 Å². The number of hydrogen-bond acceptors (Lipinski definition) is 9. The van der Waals surface area contributed by atoms with Crippen LogP contribution < -0.4 is 19.8 Å². The summed E-state index contributed by atoms with van der Waals surface area (Å²) in [5.41, 5.74) is 0.850. The second kappa shape index (κ2) is 8.17. The second-order valence-corrected chi connectivity index (χ2v) is 9.52. The Bertz CT molecular complexity index is 1460. The molecular formula is C23H20N4O7S. The quantitative estimate of drug-likeness (QED) is 0.416. The minimum Gasteiger partial charge on any atom is -0.477 e. The largest absolute Gasteiger partial charge is 0.477 e. The minimum atomic E-state index is -1.29. The molecule has 4 heterocycles. The van der Waals surface area contributed by atoms with Crippen LogP contribution in [0.25, 0.3) is 10.9 Å². The number of aromatic nitrogens is 1. The van der Waals surface area contributed by atoms with Gasteiger partial charge in [-0.2, -0.15) is 0 Å². The number of pyridine rings is 1. The van der Waals surface area contributed by atoms with Gasteiger partial charge >= 0.3 is 5.97 Å². The third kappa shape index (κ3) is 3.56. The van der Waals surface area contributed by atoms with Crippen molar-refractivity contribution in [1.29, 1.82) is 0 Å². The summed E-state index contributed by atoms with van der Waals surface area (Å²) < 4.78 is 12.5. The molecule has 12 heteroatoms. The molecule has 1 aromatic heterocycles. The average Bonchev–Trinajstić information content (AvgIpc) is 3.28. The number of piperazine rings is 1. The van der Waals surface area contributed by atoms with Gasteiger partial charge in [0, 0.05) is 44.2 Å². The van der Waals surface area contributed by atoms with Crippen molar-refractivity contribution in [1.82, 2.24) is 9.47 Å². The van der Waals surface area contributed by atoms with E-state index in [-0.39, 0.29) is 23.4 Å². The van der Waals surface area contributed by atoms with E-state index in [4.69, 9.17) is 9.47 Å². The van der Waals surface area contributed by atoms with Gasteiger partial charge in [0.25, 0.3) is 5.69 Å². The van der Waals surface area contributed by atoms with Crippen molar-refractivity contribution in [2.45, 2.75) is 17.4 Å². The highest BCUT2D eigenvalue weighted by Crippen LogP contribution is 2.40. The number of nitro groups is 1. The molecule has 1 N–H and O–H groups in total. The molecule has 3 aliphatic rings. The number of anilines is 1. The molecule has 2 aromatic carbocycles. The van der Waals surface area contributed by atoms with Crippen LogP contribution in [0.1, 0.15) is 15.9 Å². The number of nitrogens with zero attached hydrogens (tertiary/aromatic N) is 4. The Labute approximate surface area is 202 Å². The Morgan fingerprint density at radius 1 is 1.11 bits per heavy atom. The van der Waals surface area contributed by atoms with Crippen molar-refractivity contribution >= 4 is 40.0 Å². The highest BCUT2D eigenvalue weighted by atomic mass is 32.2. The average molecular weight is 497 g/mol. The van der Waals surface area contributed by atoms with Crippen LogP contribution in [-0.2, 0) is 12.4 Å². The molecule has 180 valence electrons.